The first kappa shape index (κ1) is 35.6. The van der Waals surface area contributed by atoms with Crippen LogP contribution in [0.1, 0.15) is 187 Å². The Morgan fingerprint density at radius 2 is 0.854 bits per heavy atom. The molecule has 0 fully saturated rings. The summed E-state index contributed by atoms with van der Waals surface area (Å²) < 4.78 is 5.00. The first-order valence-electron chi connectivity index (χ1n) is 18.5. The maximum Gasteiger partial charge on any atom is 0.261 e. The molecule has 0 saturated heterocycles. The van der Waals surface area contributed by atoms with Gasteiger partial charge in [0, 0.05) is 6.42 Å². The van der Waals surface area contributed by atoms with E-state index in [1.807, 2.05) is 0 Å². The van der Waals surface area contributed by atoms with Crippen LogP contribution in [0.5, 0.6) is 0 Å². The van der Waals surface area contributed by atoms with Crippen LogP contribution in [0.3, 0.4) is 0 Å². The maximum atomic E-state index is 2.56. The summed E-state index contributed by atoms with van der Waals surface area (Å²) in [4.78, 5) is 0. The van der Waals surface area contributed by atoms with Crippen molar-refractivity contribution in [2.24, 2.45) is 0 Å². The number of nitrogens with zero attached hydrogens (tertiary/aromatic N) is 2. The molecular formula is C39H69N2+. The van der Waals surface area contributed by atoms with E-state index in [1.54, 1.807) is 0 Å². The quantitative estimate of drug-likeness (QED) is 0.0685. The number of rotatable bonds is 29. The number of benzene rings is 1. The van der Waals surface area contributed by atoms with Crippen LogP contribution in [0.25, 0.3) is 5.69 Å². The van der Waals surface area contributed by atoms with E-state index in [0.717, 1.165) is 0 Å². The lowest BCUT2D eigenvalue weighted by Gasteiger charge is -2.07. The van der Waals surface area contributed by atoms with Crippen molar-refractivity contribution in [2.75, 3.05) is 0 Å². The van der Waals surface area contributed by atoms with E-state index in [0.29, 0.717) is 0 Å². The number of hydrogen-bond acceptors (Lipinski definition) is 0. The second kappa shape index (κ2) is 26.1. The summed E-state index contributed by atoms with van der Waals surface area (Å²) in [5.41, 5.74) is 1.31. The van der Waals surface area contributed by atoms with Crippen LogP contribution in [-0.2, 0) is 13.0 Å². The SMILES string of the molecule is CCCCCCCCCCCCCCCCCCc1n(-c2ccccc2)cc[n+]1CCCCCCCCCCCC. The summed E-state index contributed by atoms with van der Waals surface area (Å²) in [6.45, 7) is 5.78. The van der Waals surface area contributed by atoms with E-state index in [2.05, 4.69) is 65.7 Å². The Morgan fingerprint density at radius 1 is 0.463 bits per heavy atom. The van der Waals surface area contributed by atoms with E-state index in [9.17, 15) is 0 Å². The molecule has 0 aliphatic rings. The van der Waals surface area contributed by atoms with Gasteiger partial charge in [0.15, 0.2) is 0 Å². The van der Waals surface area contributed by atoms with Gasteiger partial charge in [0.25, 0.3) is 5.82 Å². The van der Waals surface area contributed by atoms with Crippen LogP contribution < -0.4 is 4.57 Å². The Balaban J connectivity index is 1.58. The third-order valence-corrected chi connectivity index (χ3v) is 9.05. The summed E-state index contributed by atoms with van der Waals surface area (Å²) in [7, 11) is 0. The van der Waals surface area contributed by atoms with Crippen molar-refractivity contribution in [3.63, 3.8) is 0 Å². The Morgan fingerprint density at radius 3 is 1.29 bits per heavy atom. The van der Waals surface area contributed by atoms with Gasteiger partial charge in [-0.15, -0.1) is 0 Å². The number of hydrogen-bond donors (Lipinski definition) is 0. The van der Waals surface area contributed by atoms with Crippen LogP contribution in [0, 0.1) is 0 Å². The zero-order valence-corrected chi connectivity index (χ0v) is 27.7. The molecule has 2 nitrogen and oxygen atoms in total. The molecule has 234 valence electrons. The van der Waals surface area contributed by atoms with Crippen molar-refractivity contribution in [3.05, 3.63) is 48.5 Å². The number of unbranched alkanes of at least 4 members (excludes halogenated alkanes) is 24. The van der Waals surface area contributed by atoms with Gasteiger partial charge in [-0.2, -0.15) is 4.57 Å². The van der Waals surface area contributed by atoms with Crippen LogP contribution in [-0.4, -0.2) is 4.57 Å². The monoisotopic (exact) mass is 566 g/mol. The van der Waals surface area contributed by atoms with Crippen molar-refractivity contribution in [1.82, 2.24) is 4.57 Å². The summed E-state index contributed by atoms with van der Waals surface area (Å²) in [5, 5.41) is 0. The van der Waals surface area contributed by atoms with E-state index >= 15 is 0 Å². The van der Waals surface area contributed by atoms with E-state index in [1.165, 1.54) is 191 Å². The van der Waals surface area contributed by atoms with Crippen molar-refractivity contribution in [1.29, 1.82) is 0 Å². The van der Waals surface area contributed by atoms with Crippen LogP contribution in [0.4, 0.5) is 0 Å². The van der Waals surface area contributed by atoms with Gasteiger partial charge in [0.1, 0.15) is 18.1 Å². The molecule has 0 aliphatic heterocycles. The lowest BCUT2D eigenvalue weighted by atomic mass is 10.0. The zero-order valence-electron chi connectivity index (χ0n) is 27.7. The molecule has 2 aromatic rings. The Bertz CT molecular complexity index is 808. The van der Waals surface area contributed by atoms with Gasteiger partial charge in [0.05, 0.1) is 6.54 Å². The molecule has 0 amide bonds. The second-order valence-corrected chi connectivity index (χ2v) is 12.8. The van der Waals surface area contributed by atoms with Crippen LogP contribution in [0.2, 0.25) is 0 Å². The lowest BCUT2D eigenvalue weighted by Crippen LogP contribution is -2.37. The molecule has 0 spiro atoms. The molecule has 0 atom stereocenters. The molecule has 0 saturated carbocycles. The Kier molecular flexibility index (Phi) is 22.7. The van der Waals surface area contributed by atoms with Crippen molar-refractivity contribution in [3.8, 4) is 5.69 Å². The first-order valence-corrected chi connectivity index (χ1v) is 18.5. The third-order valence-electron chi connectivity index (χ3n) is 9.05. The van der Waals surface area contributed by atoms with Gasteiger partial charge in [0.2, 0.25) is 0 Å². The van der Waals surface area contributed by atoms with E-state index < -0.39 is 0 Å². The fourth-order valence-corrected chi connectivity index (χ4v) is 6.35. The summed E-state index contributed by atoms with van der Waals surface area (Å²) in [6, 6.07) is 11.0. The minimum Gasteiger partial charge on any atom is -0.234 e. The topological polar surface area (TPSA) is 8.81 Å². The standard InChI is InChI=1S/C39H69N2/c1-3-5-7-9-11-13-15-16-17-18-19-20-21-23-25-30-34-39-40(36-37-41(39)38-32-28-27-29-33-38)35-31-26-24-22-14-12-10-8-6-4-2/h27-29,32-33,36-37H,3-26,30-31,34-35H2,1-2H3/q+1. The van der Waals surface area contributed by atoms with Gasteiger partial charge < -0.3 is 0 Å². The molecule has 2 heteroatoms. The number of para-hydroxylation sites is 1. The Hall–Kier alpha value is -1.57. The highest BCUT2D eigenvalue weighted by Gasteiger charge is 2.18. The molecule has 0 bridgehead atoms. The summed E-state index contributed by atoms with van der Waals surface area (Å²) >= 11 is 0. The van der Waals surface area contributed by atoms with E-state index in [4.69, 9.17) is 0 Å². The van der Waals surface area contributed by atoms with Crippen LogP contribution in [0.15, 0.2) is 42.7 Å². The highest BCUT2D eigenvalue weighted by molar-refractivity contribution is 5.31. The molecular weight excluding hydrogens is 496 g/mol. The lowest BCUT2D eigenvalue weighted by molar-refractivity contribution is -0.704. The molecule has 1 aromatic carbocycles. The highest BCUT2D eigenvalue weighted by Crippen LogP contribution is 2.16. The van der Waals surface area contributed by atoms with Gasteiger partial charge in [-0.1, -0.05) is 180 Å². The van der Waals surface area contributed by atoms with E-state index in [-0.39, 0.29) is 0 Å². The van der Waals surface area contributed by atoms with Crippen molar-refractivity contribution < 1.29 is 4.57 Å². The number of aromatic nitrogens is 2. The average Bonchev–Trinajstić information content (AvgIpc) is 3.40. The second-order valence-electron chi connectivity index (χ2n) is 12.8. The molecule has 41 heavy (non-hydrogen) atoms. The van der Waals surface area contributed by atoms with Crippen molar-refractivity contribution in [2.45, 2.75) is 194 Å². The largest absolute Gasteiger partial charge is 0.261 e. The van der Waals surface area contributed by atoms with Gasteiger partial charge in [-0.05, 0) is 31.4 Å². The maximum absolute atomic E-state index is 2.56. The number of aryl methyl sites for hydroxylation is 1. The molecule has 0 unspecified atom stereocenters. The Labute approximate surface area is 256 Å². The molecule has 0 N–H and O–H groups in total. The van der Waals surface area contributed by atoms with Gasteiger partial charge in [-0.25, -0.2) is 4.57 Å². The third kappa shape index (κ3) is 17.9. The summed E-state index contributed by atoms with van der Waals surface area (Å²) in [5.74, 6) is 1.50. The van der Waals surface area contributed by atoms with Gasteiger partial charge in [-0.3, -0.25) is 0 Å². The molecule has 2 rings (SSSR count). The van der Waals surface area contributed by atoms with Gasteiger partial charge >= 0.3 is 0 Å². The highest BCUT2D eigenvalue weighted by atomic mass is 15.1. The normalized spacial score (nSPS) is 11.5. The molecule has 1 aromatic heterocycles. The molecule has 1 heterocycles. The minimum absolute atomic E-state index is 1.17. The smallest absolute Gasteiger partial charge is 0.234 e. The molecule has 0 aliphatic carbocycles. The van der Waals surface area contributed by atoms with Crippen molar-refractivity contribution >= 4 is 0 Å². The zero-order chi connectivity index (χ0) is 29.1. The predicted octanol–water partition coefficient (Wildman–Crippen LogP) is 12.5. The average molecular weight is 566 g/mol. The summed E-state index contributed by atoms with van der Waals surface area (Å²) in [6.07, 6.45) is 42.8. The molecule has 0 radical (unpaired) electrons. The first-order chi connectivity index (χ1) is 20.4. The number of imidazole rings is 1. The minimum atomic E-state index is 1.17. The van der Waals surface area contributed by atoms with Crippen LogP contribution >= 0.6 is 0 Å². The fourth-order valence-electron chi connectivity index (χ4n) is 6.35. The fraction of sp³-hybridized carbons (Fsp3) is 0.769. The predicted molar refractivity (Wildman–Crippen MR) is 181 cm³/mol.